The summed E-state index contributed by atoms with van der Waals surface area (Å²) < 4.78 is 0. The maximum absolute atomic E-state index is 12.5. The van der Waals surface area contributed by atoms with E-state index in [1.54, 1.807) is 17.0 Å². The number of nitrogens with one attached hydrogen (secondary N) is 2. The van der Waals surface area contributed by atoms with Gasteiger partial charge in [-0.15, -0.1) is 0 Å². The first-order valence-corrected chi connectivity index (χ1v) is 8.52. The molecule has 0 aliphatic carbocycles. The van der Waals surface area contributed by atoms with Gasteiger partial charge in [0.15, 0.2) is 0 Å². The number of rotatable bonds is 2. The normalized spacial score (nSPS) is 20.2. The first kappa shape index (κ1) is 15.6. The summed E-state index contributed by atoms with van der Waals surface area (Å²) >= 11 is 0. The lowest BCUT2D eigenvalue weighted by Gasteiger charge is -2.34. The Balaban J connectivity index is 1.47. The molecular formula is C19H19N3O3. The first-order chi connectivity index (χ1) is 12.1. The van der Waals surface area contributed by atoms with Gasteiger partial charge in [0.25, 0.3) is 11.5 Å². The first-order valence-electron chi connectivity index (χ1n) is 8.52. The lowest BCUT2D eigenvalue weighted by Crippen LogP contribution is -2.42. The Morgan fingerprint density at radius 2 is 1.80 bits per heavy atom. The Labute approximate surface area is 144 Å². The van der Waals surface area contributed by atoms with Crippen molar-refractivity contribution in [1.29, 1.82) is 0 Å². The molecule has 6 nitrogen and oxygen atoms in total. The molecule has 3 heterocycles. The van der Waals surface area contributed by atoms with Crippen LogP contribution in [0.2, 0.25) is 0 Å². The van der Waals surface area contributed by atoms with Crippen LogP contribution in [0.1, 0.15) is 34.7 Å². The van der Waals surface area contributed by atoms with Gasteiger partial charge in [0.1, 0.15) is 5.56 Å². The number of benzene rings is 1. The summed E-state index contributed by atoms with van der Waals surface area (Å²) in [7, 11) is 0. The number of hydrogen-bond donors (Lipinski definition) is 2. The van der Waals surface area contributed by atoms with Gasteiger partial charge < -0.3 is 15.2 Å². The van der Waals surface area contributed by atoms with Gasteiger partial charge in [0.2, 0.25) is 5.91 Å². The molecular weight excluding hydrogens is 318 g/mol. The molecule has 2 aliphatic rings. The smallest absolute Gasteiger partial charge is 0.260 e. The van der Waals surface area contributed by atoms with E-state index >= 15 is 0 Å². The van der Waals surface area contributed by atoms with Crippen LogP contribution in [0.25, 0.3) is 0 Å². The number of nitrogens with zero attached hydrogens (tertiary/aromatic N) is 1. The van der Waals surface area contributed by atoms with Gasteiger partial charge in [0, 0.05) is 25.0 Å². The molecule has 4 rings (SSSR count). The van der Waals surface area contributed by atoms with E-state index in [1.807, 2.05) is 24.3 Å². The van der Waals surface area contributed by atoms with Gasteiger partial charge in [-0.1, -0.05) is 18.2 Å². The van der Waals surface area contributed by atoms with Crippen LogP contribution < -0.4 is 10.9 Å². The molecule has 1 aromatic heterocycles. The summed E-state index contributed by atoms with van der Waals surface area (Å²) in [6.07, 6.45) is 3.02. The molecule has 0 radical (unpaired) electrons. The molecule has 128 valence electrons. The van der Waals surface area contributed by atoms with Crippen LogP contribution in [0.3, 0.4) is 0 Å². The fourth-order valence-electron chi connectivity index (χ4n) is 3.90. The highest BCUT2D eigenvalue weighted by Crippen LogP contribution is 2.41. The number of likely N-dealkylation sites (tertiary alicyclic amines) is 1. The zero-order chi connectivity index (χ0) is 17.4. The molecule has 0 bridgehead atoms. The topological polar surface area (TPSA) is 82.3 Å². The van der Waals surface area contributed by atoms with Crippen LogP contribution >= 0.6 is 0 Å². The molecule has 1 fully saturated rings. The van der Waals surface area contributed by atoms with Crippen LogP contribution in [0.15, 0.2) is 47.4 Å². The summed E-state index contributed by atoms with van der Waals surface area (Å²) in [6, 6.07) is 11.0. The fraction of sp³-hybridized carbons (Fsp3) is 0.316. The summed E-state index contributed by atoms with van der Waals surface area (Å²) in [5.41, 5.74) is 1.76. The Kier molecular flexibility index (Phi) is 3.87. The van der Waals surface area contributed by atoms with Crippen molar-refractivity contribution >= 4 is 17.5 Å². The second-order valence-corrected chi connectivity index (χ2v) is 6.60. The van der Waals surface area contributed by atoms with Crippen LogP contribution in [0, 0.1) is 5.92 Å². The van der Waals surface area contributed by atoms with Crippen molar-refractivity contribution in [3.63, 3.8) is 0 Å². The molecule has 0 saturated carbocycles. The van der Waals surface area contributed by atoms with Crippen LogP contribution in [0.4, 0.5) is 5.69 Å². The number of anilines is 1. The zero-order valence-corrected chi connectivity index (χ0v) is 13.7. The van der Waals surface area contributed by atoms with E-state index in [-0.39, 0.29) is 34.8 Å². The van der Waals surface area contributed by atoms with Gasteiger partial charge in [-0.25, -0.2) is 0 Å². The van der Waals surface area contributed by atoms with Crippen molar-refractivity contribution in [1.82, 2.24) is 9.88 Å². The molecule has 0 spiro atoms. The fourth-order valence-corrected chi connectivity index (χ4v) is 3.90. The third-order valence-corrected chi connectivity index (χ3v) is 5.18. The van der Waals surface area contributed by atoms with Crippen LogP contribution in [-0.2, 0) is 4.79 Å². The average molecular weight is 337 g/mol. The van der Waals surface area contributed by atoms with Crippen molar-refractivity contribution in [2.45, 2.75) is 18.8 Å². The molecule has 1 saturated heterocycles. The van der Waals surface area contributed by atoms with Crippen molar-refractivity contribution < 1.29 is 9.59 Å². The number of fused-ring (bicyclic) bond motifs is 1. The van der Waals surface area contributed by atoms with E-state index in [0.29, 0.717) is 13.1 Å². The lowest BCUT2D eigenvalue weighted by molar-refractivity contribution is -0.118. The van der Waals surface area contributed by atoms with Gasteiger partial charge in [-0.05, 0) is 42.5 Å². The Bertz CT molecular complexity index is 881. The van der Waals surface area contributed by atoms with Crippen molar-refractivity contribution in [2.24, 2.45) is 5.92 Å². The summed E-state index contributed by atoms with van der Waals surface area (Å²) in [4.78, 5) is 41.0. The molecule has 25 heavy (non-hydrogen) atoms. The summed E-state index contributed by atoms with van der Waals surface area (Å²) in [6.45, 7) is 1.12. The third kappa shape index (κ3) is 2.73. The molecule has 2 aliphatic heterocycles. The number of hydrogen-bond acceptors (Lipinski definition) is 3. The van der Waals surface area contributed by atoms with E-state index < -0.39 is 0 Å². The Morgan fingerprint density at radius 1 is 1.04 bits per heavy atom. The number of aromatic amines is 1. The van der Waals surface area contributed by atoms with Gasteiger partial charge in [-0.2, -0.15) is 0 Å². The predicted molar refractivity (Wildman–Crippen MR) is 93.5 cm³/mol. The van der Waals surface area contributed by atoms with Crippen LogP contribution in [0.5, 0.6) is 0 Å². The second-order valence-electron chi connectivity index (χ2n) is 6.60. The molecule has 2 amide bonds. The zero-order valence-electron chi connectivity index (χ0n) is 13.7. The van der Waals surface area contributed by atoms with Gasteiger partial charge in [-0.3, -0.25) is 14.4 Å². The third-order valence-electron chi connectivity index (χ3n) is 5.18. The number of para-hydroxylation sites is 1. The summed E-state index contributed by atoms with van der Waals surface area (Å²) in [5, 5.41) is 2.95. The molecule has 2 N–H and O–H groups in total. The molecule has 1 aromatic carbocycles. The molecule has 1 atom stereocenters. The minimum Gasteiger partial charge on any atom is -0.338 e. The van der Waals surface area contributed by atoms with Gasteiger partial charge in [0.05, 0.1) is 5.92 Å². The van der Waals surface area contributed by atoms with E-state index in [4.69, 9.17) is 0 Å². The molecule has 6 heteroatoms. The number of H-pyrrole nitrogens is 1. The minimum absolute atomic E-state index is 0.0467. The van der Waals surface area contributed by atoms with E-state index in [9.17, 15) is 14.4 Å². The lowest BCUT2D eigenvalue weighted by atomic mass is 9.80. The highest BCUT2D eigenvalue weighted by molar-refractivity contribution is 6.03. The maximum atomic E-state index is 12.5. The average Bonchev–Trinajstić information content (AvgIpc) is 2.97. The largest absolute Gasteiger partial charge is 0.338 e. The monoisotopic (exact) mass is 337 g/mol. The Morgan fingerprint density at radius 3 is 2.56 bits per heavy atom. The molecule has 2 aromatic rings. The highest BCUT2D eigenvalue weighted by Gasteiger charge is 2.38. The van der Waals surface area contributed by atoms with E-state index in [2.05, 4.69) is 10.3 Å². The standard InChI is InChI=1S/C19H19N3O3/c23-17-14(5-3-9-20-17)19(25)22-10-7-12(8-11-22)16-13-4-1-2-6-15(13)21-18(16)24/h1-6,9,12,16H,7-8,10-11H2,(H,20,23)(H,21,24). The second kappa shape index (κ2) is 6.20. The van der Waals surface area contributed by atoms with Crippen molar-refractivity contribution in [3.8, 4) is 0 Å². The number of carbonyl (C=O) groups excluding carboxylic acids is 2. The van der Waals surface area contributed by atoms with Crippen molar-refractivity contribution in [2.75, 3.05) is 18.4 Å². The number of aromatic nitrogens is 1. The summed E-state index contributed by atoms with van der Waals surface area (Å²) in [5.74, 6) is -0.127. The van der Waals surface area contributed by atoms with E-state index in [0.717, 1.165) is 24.1 Å². The van der Waals surface area contributed by atoms with Gasteiger partial charge >= 0.3 is 0 Å². The maximum Gasteiger partial charge on any atom is 0.260 e. The number of amides is 2. The quantitative estimate of drug-likeness (QED) is 0.879. The molecule has 1 unspecified atom stereocenters. The van der Waals surface area contributed by atoms with Crippen LogP contribution in [-0.4, -0.2) is 34.8 Å². The van der Waals surface area contributed by atoms with Crippen molar-refractivity contribution in [3.05, 3.63) is 64.1 Å². The Hall–Kier alpha value is -2.89. The minimum atomic E-state index is -0.362. The predicted octanol–water partition coefficient (Wildman–Crippen LogP) is 1.96. The number of piperidine rings is 1. The number of carbonyl (C=O) groups is 2. The number of pyridine rings is 1. The van der Waals surface area contributed by atoms with E-state index in [1.165, 1.54) is 6.20 Å². The highest BCUT2D eigenvalue weighted by atomic mass is 16.2. The SMILES string of the molecule is O=C1Nc2ccccc2C1C1CCN(C(=O)c2ccc[nH]c2=O)CC1.